The Morgan fingerprint density at radius 3 is 2.15 bits per heavy atom. The Kier molecular flexibility index (Phi) is 10.9. The van der Waals surface area contributed by atoms with Crippen LogP contribution in [0.3, 0.4) is 0 Å². The standard InChI is InChI=1S/C6H5PSe.C4H11P/c8-7-6-4-2-1-3-5-6;1-2-3-4-5/h1-5H;2-5H2,1H3. The molecule has 1 aromatic rings. The Labute approximate surface area is 92.8 Å². The van der Waals surface area contributed by atoms with E-state index in [1.165, 1.54) is 31.1 Å². The van der Waals surface area contributed by atoms with Crippen LogP contribution in [-0.2, 0) is 0 Å². The maximum atomic E-state index is 2.93. The molecule has 0 aliphatic rings. The van der Waals surface area contributed by atoms with Gasteiger partial charge in [-0.1, -0.05) is 19.8 Å². The Bertz CT molecular complexity index is 209. The van der Waals surface area contributed by atoms with E-state index in [4.69, 9.17) is 0 Å². The molecule has 0 aromatic heterocycles. The summed E-state index contributed by atoms with van der Waals surface area (Å²) in [5.41, 5.74) is 0. The topological polar surface area (TPSA) is 0 Å². The van der Waals surface area contributed by atoms with Crippen LogP contribution >= 0.6 is 16.1 Å². The maximum absolute atomic E-state index is 2.93. The van der Waals surface area contributed by atoms with Crippen LogP contribution in [0.5, 0.6) is 0 Å². The third kappa shape index (κ3) is 8.79. The molecule has 0 saturated heterocycles. The van der Waals surface area contributed by atoms with Crippen LogP contribution in [0.4, 0.5) is 0 Å². The summed E-state index contributed by atoms with van der Waals surface area (Å²) in [5, 5.41) is 1.33. The van der Waals surface area contributed by atoms with E-state index in [9.17, 15) is 0 Å². The summed E-state index contributed by atoms with van der Waals surface area (Å²) in [6.07, 6.45) is 3.94. The van der Waals surface area contributed by atoms with E-state index in [0.717, 1.165) is 0 Å². The number of unbranched alkanes of at least 4 members (excludes halogenated alkanes) is 1. The summed E-state index contributed by atoms with van der Waals surface area (Å²) in [7, 11) is 2.70. The molecule has 0 radical (unpaired) electrons. The first-order valence-corrected chi connectivity index (χ1v) is 8.36. The van der Waals surface area contributed by atoms with Crippen LogP contribution in [0, 0.1) is 0 Å². The van der Waals surface area contributed by atoms with Crippen LogP contribution in [0.2, 0.25) is 0 Å². The number of hydrogen-bond acceptors (Lipinski definition) is 0. The number of benzene rings is 1. The molecular formula is C10H16P2Se. The summed E-state index contributed by atoms with van der Waals surface area (Å²) in [6, 6.07) is 10.3. The van der Waals surface area contributed by atoms with Crippen molar-refractivity contribution in [3.63, 3.8) is 0 Å². The fraction of sp³-hybridized carbons (Fsp3) is 0.400. The van der Waals surface area contributed by atoms with Gasteiger partial charge in [0.1, 0.15) is 0 Å². The van der Waals surface area contributed by atoms with Gasteiger partial charge in [-0.15, -0.1) is 9.24 Å². The van der Waals surface area contributed by atoms with Gasteiger partial charge in [0.2, 0.25) is 0 Å². The second-order valence-corrected chi connectivity index (χ2v) is 4.99. The quantitative estimate of drug-likeness (QED) is 0.588. The van der Waals surface area contributed by atoms with Gasteiger partial charge < -0.3 is 0 Å². The molecule has 0 N–H and O–H groups in total. The van der Waals surface area contributed by atoms with Crippen LogP contribution < -0.4 is 5.30 Å². The first-order chi connectivity index (χ1) is 6.35. The van der Waals surface area contributed by atoms with Crippen molar-refractivity contribution >= 4 is 36.5 Å². The molecule has 1 aromatic carbocycles. The van der Waals surface area contributed by atoms with Crippen LogP contribution in [0.25, 0.3) is 0 Å². The summed E-state index contributed by atoms with van der Waals surface area (Å²) in [4.78, 5) is 0. The first kappa shape index (κ1) is 13.5. The van der Waals surface area contributed by atoms with Crippen molar-refractivity contribution in [2.75, 3.05) is 6.16 Å². The fourth-order valence-corrected chi connectivity index (χ4v) is 2.16. The molecule has 0 nitrogen and oxygen atoms in total. The summed E-state index contributed by atoms with van der Waals surface area (Å²) >= 11 is 2.93. The molecule has 3 heteroatoms. The normalized spacial score (nSPS) is 9.08. The predicted octanol–water partition coefficient (Wildman–Crippen LogP) is 3.00. The van der Waals surface area contributed by atoms with Gasteiger partial charge in [-0.3, -0.25) is 0 Å². The monoisotopic (exact) mass is 278 g/mol. The molecule has 0 bridgehead atoms. The zero-order valence-electron chi connectivity index (χ0n) is 7.94. The molecule has 0 heterocycles. The van der Waals surface area contributed by atoms with Gasteiger partial charge in [0.25, 0.3) is 0 Å². The average Bonchev–Trinajstić information content (AvgIpc) is 2.21. The molecule has 1 unspecified atom stereocenters. The van der Waals surface area contributed by atoms with Gasteiger partial charge >= 0.3 is 57.6 Å². The van der Waals surface area contributed by atoms with Crippen molar-refractivity contribution in [1.29, 1.82) is 0 Å². The van der Waals surface area contributed by atoms with Crippen LogP contribution in [0.15, 0.2) is 30.3 Å². The van der Waals surface area contributed by atoms with E-state index >= 15 is 0 Å². The molecule has 0 fully saturated rings. The van der Waals surface area contributed by atoms with E-state index < -0.39 is 0 Å². The van der Waals surface area contributed by atoms with Gasteiger partial charge in [0.05, 0.1) is 0 Å². The molecule has 0 aliphatic carbocycles. The molecule has 0 spiro atoms. The first-order valence-electron chi connectivity index (χ1n) is 4.43. The Morgan fingerprint density at radius 2 is 1.92 bits per heavy atom. The van der Waals surface area contributed by atoms with E-state index in [-0.39, 0.29) is 0 Å². The molecule has 0 aliphatic heterocycles. The minimum atomic E-state index is 1.22. The van der Waals surface area contributed by atoms with E-state index in [2.05, 4.69) is 43.4 Å². The zero-order valence-corrected chi connectivity index (χ0v) is 11.7. The Morgan fingerprint density at radius 1 is 1.31 bits per heavy atom. The molecule has 13 heavy (non-hydrogen) atoms. The summed E-state index contributed by atoms with van der Waals surface area (Å²) < 4.78 is 0. The van der Waals surface area contributed by atoms with Crippen LogP contribution in [0.1, 0.15) is 19.8 Å². The van der Waals surface area contributed by atoms with Gasteiger partial charge in [0.15, 0.2) is 0 Å². The second-order valence-electron chi connectivity index (χ2n) is 2.57. The molecule has 1 rings (SSSR count). The Balaban J connectivity index is 0.000000252. The molecular weight excluding hydrogens is 261 g/mol. The zero-order chi connectivity index (χ0) is 9.94. The molecule has 0 saturated carbocycles. The SMILES string of the molecule is CCCCP.[Se]=Pc1ccccc1. The van der Waals surface area contributed by atoms with E-state index in [1.54, 1.807) is 0 Å². The van der Waals surface area contributed by atoms with Gasteiger partial charge in [-0.25, -0.2) is 0 Å². The van der Waals surface area contributed by atoms with Gasteiger partial charge in [-0.2, -0.15) is 0 Å². The predicted molar refractivity (Wildman–Crippen MR) is 68.2 cm³/mol. The molecule has 0 amide bonds. The van der Waals surface area contributed by atoms with Crippen molar-refractivity contribution in [2.45, 2.75) is 19.8 Å². The van der Waals surface area contributed by atoms with Crippen LogP contribution in [-0.4, -0.2) is 21.3 Å². The molecule has 1 atom stereocenters. The second kappa shape index (κ2) is 10.5. The molecule has 72 valence electrons. The van der Waals surface area contributed by atoms with E-state index in [1.807, 2.05) is 18.2 Å². The van der Waals surface area contributed by atoms with Crippen molar-refractivity contribution in [3.05, 3.63) is 30.3 Å². The average molecular weight is 277 g/mol. The van der Waals surface area contributed by atoms with Crippen molar-refractivity contribution in [3.8, 4) is 0 Å². The third-order valence-electron chi connectivity index (χ3n) is 1.42. The van der Waals surface area contributed by atoms with Gasteiger partial charge in [-0.05, 0) is 6.16 Å². The third-order valence-corrected chi connectivity index (χ3v) is 3.66. The van der Waals surface area contributed by atoms with Gasteiger partial charge in [0, 0.05) is 0 Å². The minimum absolute atomic E-state index is 1.22. The van der Waals surface area contributed by atoms with Crippen molar-refractivity contribution in [2.24, 2.45) is 0 Å². The number of hydrogen-bond donors (Lipinski definition) is 0. The van der Waals surface area contributed by atoms with E-state index in [0.29, 0.717) is 0 Å². The van der Waals surface area contributed by atoms with Crippen molar-refractivity contribution < 1.29 is 0 Å². The van der Waals surface area contributed by atoms with Crippen molar-refractivity contribution in [1.82, 2.24) is 0 Å². The Hall–Kier alpha value is 0.469. The summed E-state index contributed by atoms with van der Waals surface area (Å²) in [5.74, 6) is 0. The fourth-order valence-electron chi connectivity index (χ4n) is 0.693. The summed E-state index contributed by atoms with van der Waals surface area (Å²) in [6.45, 7) is 3.42. The number of rotatable bonds is 3.